The minimum atomic E-state index is -0.191. The van der Waals surface area contributed by atoms with Crippen molar-refractivity contribution < 1.29 is 4.79 Å². The molecular formula is C17H18N2O. The highest BCUT2D eigenvalue weighted by Gasteiger charge is 2.06. The normalized spacial score (nSPS) is 11.2. The number of nitrogens with one attached hydrogen (secondary N) is 1. The van der Waals surface area contributed by atoms with Crippen molar-refractivity contribution in [3.63, 3.8) is 0 Å². The van der Waals surface area contributed by atoms with Crippen molar-refractivity contribution in [1.29, 1.82) is 0 Å². The van der Waals surface area contributed by atoms with Crippen molar-refractivity contribution in [1.82, 2.24) is 5.43 Å². The van der Waals surface area contributed by atoms with Gasteiger partial charge >= 0.3 is 0 Å². The van der Waals surface area contributed by atoms with E-state index in [1.165, 1.54) is 5.56 Å². The SMILES string of the molecule is CC(=NNC(=O)c1ccc(C)c(C)c1)c1ccccc1. The molecule has 0 bridgehead atoms. The van der Waals surface area contributed by atoms with E-state index >= 15 is 0 Å². The maximum atomic E-state index is 12.0. The lowest BCUT2D eigenvalue weighted by Crippen LogP contribution is -2.19. The van der Waals surface area contributed by atoms with Crippen LogP contribution in [0, 0.1) is 13.8 Å². The van der Waals surface area contributed by atoms with Crippen molar-refractivity contribution >= 4 is 11.6 Å². The van der Waals surface area contributed by atoms with Gasteiger partial charge in [0, 0.05) is 5.56 Å². The highest BCUT2D eigenvalue weighted by atomic mass is 16.2. The zero-order valence-electron chi connectivity index (χ0n) is 12.0. The zero-order valence-corrected chi connectivity index (χ0v) is 12.0. The molecule has 3 heteroatoms. The number of aryl methyl sites for hydroxylation is 2. The van der Waals surface area contributed by atoms with Gasteiger partial charge in [-0.15, -0.1) is 0 Å². The molecule has 0 radical (unpaired) electrons. The van der Waals surface area contributed by atoms with Crippen LogP contribution < -0.4 is 5.43 Å². The van der Waals surface area contributed by atoms with Crippen molar-refractivity contribution in [2.75, 3.05) is 0 Å². The first-order chi connectivity index (χ1) is 9.58. The molecule has 0 fully saturated rings. The van der Waals surface area contributed by atoms with E-state index in [1.54, 1.807) is 0 Å². The van der Waals surface area contributed by atoms with Crippen LogP contribution >= 0.6 is 0 Å². The third-order valence-corrected chi connectivity index (χ3v) is 3.29. The second-order valence-electron chi connectivity index (χ2n) is 4.80. The van der Waals surface area contributed by atoms with Crippen LogP contribution in [0.25, 0.3) is 0 Å². The Hall–Kier alpha value is -2.42. The van der Waals surface area contributed by atoms with Gasteiger partial charge in [-0.2, -0.15) is 5.10 Å². The van der Waals surface area contributed by atoms with E-state index in [1.807, 2.05) is 69.3 Å². The summed E-state index contributed by atoms with van der Waals surface area (Å²) >= 11 is 0. The molecule has 0 aliphatic rings. The highest BCUT2D eigenvalue weighted by Crippen LogP contribution is 2.09. The molecule has 0 atom stereocenters. The summed E-state index contributed by atoms with van der Waals surface area (Å²) in [5, 5.41) is 4.14. The Morgan fingerprint density at radius 2 is 1.65 bits per heavy atom. The van der Waals surface area contributed by atoms with Gasteiger partial charge in [-0.3, -0.25) is 4.79 Å². The molecule has 1 N–H and O–H groups in total. The van der Waals surface area contributed by atoms with E-state index in [0.29, 0.717) is 5.56 Å². The molecule has 2 rings (SSSR count). The maximum absolute atomic E-state index is 12.0. The zero-order chi connectivity index (χ0) is 14.5. The van der Waals surface area contributed by atoms with Gasteiger partial charge in [0.05, 0.1) is 5.71 Å². The van der Waals surface area contributed by atoms with Gasteiger partial charge in [0.25, 0.3) is 5.91 Å². The molecule has 0 saturated heterocycles. The molecule has 0 aliphatic heterocycles. The van der Waals surface area contributed by atoms with Crippen LogP contribution in [0.2, 0.25) is 0 Å². The standard InChI is InChI=1S/C17H18N2O/c1-12-9-10-16(11-13(12)2)17(20)19-18-14(3)15-7-5-4-6-8-15/h4-11H,1-3H3,(H,19,20). The minimum absolute atomic E-state index is 0.191. The fourth-order valence-electron chi connectivity index (χ4n) is 1.83. The van der Waals surface area contributed by atoms with Gasteiger partial charge in [-0.05, 0) is 49.6 Å². The Morgan fingerprint density at radius 1 is 0.950 bits per heavy atom. The Morgan fingerprint density at radius 3 is 2.30 bits per heavy atom. The summed E-state index contributed by atoms with van der Waals surface area (Å²) in [5.41, 5.74) is 7.26. The van der Waals surface area contributed by atoms with Gasteiger partial charge in [0.2, 0.25) is 0 Å². The van der Waals surface area contributed by atoms with Gasteiger partial charge < -0.3 is 0 Å². The summed E-state index contributed by atoms with van der Waals surface area (Å²) in [6.07, 6.45) is 0. The number of carbonyl (C=O) groups is 1. The first-order valence-electron chi connectivity index (χ1n) is 6.55. The monoisotopic (exact) mass is 266 g/mol. The number of carbonyl (C=O) groups excluding carboxylic acids is 1. The second kappa shape index (κ2) is 6.15. The second-order valence-corrected chi connectivity index (χ2v) is 4.80. The van der Waals surface area contributed by atoms with Crippen molar-refractivity contribution in [2.24, 2.45) is 5.10 Å². The lowest BCUT2D eigenvalue weighted by molar-refractivity contribution is 0.0954. The third kappa shape index (κ3) is 3.32. The Bertz CT molecular complexity index is 645. The van der Waals surface area contributed by atoms with Crippen LogP contribution in [0.4, 0.5) is 0 Å². The van der Waals surface area contributed by atoms with Crippen molar-refractivity contribution in [3.05, 3.63) is 70.8 Å². The number of amides is 1. The summed E-state index contributed by atoms with van der Waals surface area (Å²) < 4.78 is 0. The maximum Gasteiger partial charge on any atom is 0.271 e. The van der Waals surface area contributed by atoms with Gasteiger partial charge in [-0.25, -0.2) is 5.43 Å². The van der Waals surface area contributed by atoms with E-state index < -0.39 is 0 Å². The predicted octanol–water partition coefficient (Wildman–Crippen LogP) is 3.46. The number of nitrogens with zero attached hydrogens (tertiary/aromatic N) is 1. The lowest BCUT2D eigenvalue weighted by Gasteiger charge is -2.05. The Labute approximate surface area is 119 Å². The predicted molar refractivity (Wildman–Crippen MR) is 82.0 cm³/mol. The van der Waals surface area contributed by atoms with Gasteiger partial charge in [0.15, 0.2) is 0 Å². The quantitative estimate of drug-likeness (QED) is 0.671. The molecule has 2 aromatic rings. The molecule has 0 saturated carbocycles. The third-order valence-electron chi connectivity index (χ3n) is 3.29. The largest absolute Gasteiger partial charge is 0.271 e. The van der Waals surface area contributed by atoms with Crippen LogP contribution in [0.1, 0.15) is 34.0 Å². The number of hydrogen-bond acceptors (Lipinski definition) is 2. The number of benzene rings is 2. The molecule has 1 amide bonds. The van der Waals surface area contributed by atoms with Crippen molar-refractivity contribution in [3.8, 4) is 0 Å². The number of rotatable bonds is 3. The fraction of sp³-hybridized carbons (Fsp3) is 0.176. The summed E-state index contributed by atoms with van der Waals surface area (Å²) in [6, 6.07) is 15.4. The summed E-state index contributed by atoms with van der Waals surface area (Å²) in [7, 11) is 0. The molecule has 0 heterocycles. The van der Waals surface area contributed by atoms with Crippen LogP contribution in [-0.2, 0) is 0 Å². The molecule has 20 heavy (non-hydrogen) atoms. The van der Waals surface area contributed by atoms with Gasteiger partial charge in [0.1, 0.15) is 0 Å². The van der Waals surface area contributed by atoms with E-state index in [9.17, 15) is 4.79 Å². The topological polar surface area (TPSA) is 41.5 Å². The molecule has 3 nitrogen and oxygen atoms in total. The summed E-state index contributed by atoms with van der Waals surface area (Å²) in [5.74, 6) is -0.191. The Balaban J connectivity index is 2.10. The average molecular weight is 266 g/mol. The molecule has 0 aromatic heterocycles. The molecular weight excluding hydrogens is 248 g/mol. The van der Waals surface area contributed by atoms with E-state index in [0.717, 1.165) is 16.8 Å². The fourth-order valence-corrected chi connectivity index (χ4v) is 1.83. The van der Waals surface area contributed by atoms with Crippen LogP contribution in [0.5, 0.6) is 0 Å². The van der Waals surface area contributed by atoms with Crippen LogP contribution in [0.15, 0.2) is 53.6 Å². The highest BCUT2D eigenvalue weighted by molar-refractivity contribution is 6.00. The molecule has 102 valence electrons. The first kappa shape index (κ1) is 14.0. The molecule has 0 spiro atoms. The van der Waals surface area contributed by atoms with Crippen LogP contribution in [0.3, 0.4) is 0 Å². The van der Waals surface area contributed by atoms with E-state index in [4.69, 9.17) is 0 Å². The lowest BCUT2D eigenvalue weighted by atomic mass is 10.1. The smallest absolute Gasteiger partial charge is 0.267 e. The minimum Gasteiger partial charge on any atom is -0.267 e. The average Bonchev–Trinajstić information content (AvgIpc) is 2.48. The summed E-state index contributed by atoms with van der Waals surface area (Å²) in [6.45, 7) is 5.88. The first-order valence-corrected chi connectivity index (χ1v) is 6.55. The number of hydrazone groups is 1. The van der Waals surface area contributed by atoms with Crippen LogP contribution in [-0.4, -0.2) is 11.6 Å². The van der Waals surface area contributed by atoms with Crippen molar-refractivity contribution in [2.45, 2.75) is 20.8 Å². The van der Waals surface area contributed by atoms with Gasteiger partial charge in [-0.1, -0.05) is 36.4 Å². The Kier molecular flexibility index (Phi) is 4.31. The number of hydrogen-bond donors (Lipinski definition) is 1. The summed E-state index contributed by atoms with van der Waals surface area (Å²) in [4.78, 5) is 12.0. The molecule has 0 unspecified atom stereocenters. The van der Waals surface area contributed by atoms with E-state index in [-0.39, 0.29) is 5.91 Å². The van der Waals surface area contributed by atoms with E-state index in [2.05, 4.69) is 10.5 Å². The molecule has 0 aliphatic carbocycles. The molecule has 2 aromatic carbocycles.